The van der Waals surface area contributed by atoms with Gasteiger partial charge in [-0.3, -0.25) is 9.89 Å². The van der Waals surface area contributed by atoms with Gasteiger partial charge in [0.1, 0.15) is 17.6 Å². The van der Waals surface area contributed by atoms with Crippen LogP contribution >= 0.6 is 0 Å². The molecule has 3 rings (SSSR count). The standard InChI is InChI=1S/C19H27N5O4S/c1-3-12-29(26,27)24-11-5-4-6-16(24)19(25)20-13-17-21-18(23-22-17)14-7-9-15(28-2)10-8-14/h7-10,16H,3-6,11-13H2,1-2H3,(H,20,25)(H,21,22,23). The van der Waals surface area contributed by atoms with Crippen molar-refractivity contribution in [3.05, 3.63) is 30.1 Å². The third-order valence-electron chi connectivity index (χ3n) is 4.89. The van der Waals surface area contributed by atoms with Crippen LogP contribution in [0.1, 0.15) is 38.4 Å². The highest BCUT2D eigenvalue weighted by atomic mass is 32.2. The molecule has 1 aromatic heterocycles. The second-order valence-electron chi connectivity index (χ2n) is 6.99. The molecule has 1 aromatic carbocycles. The molecule has 0 bridgehead atoms. The number of aromatic amines is 1. The van der Waals surface area contributed by atoms with Gasteiger partial charge in [-0.25, -0.2) is 13.4 Å². The van der Waals surface area contributed by atoms with Crippen molar-refractivity contribution >= 4 is 15.9 Å². The number of hydrogen-bond acceptors (Lipinski definition) is 6. The van der Waals surface area contributed by atoms with Crippen LogP contribution in [0.25, 0.3) is 11.4 Å². The first-order chi connectivity index (χ1) is 13.9. The fourth-order valence-corrected chi connectivity index (χ4v) is 5.15. The monoisotopic (exact) mass is 421 g/mol. The highest BCUT2D eigenvalue weighted by Gasteiger charge is 2.36. The molecule has 10 heteroatoms. The molecule has 0 aliphatic carbocycles. The molecule has 2 aromatic rings. The van der Waals surface area contributed by atoms with E-state index in [0.29, 0.717) is 31.0 Å². The number of rotatable bonds is 8. The lowest BCUT2D eigenvalue weighted by Gasteiger charge is -2.33. The minimum Gasteiger partial charge on any atom is -0.497 e. The fourth-order valence-electron chi connectivity index (χ4n) is 3.41. The van der Waals surface area contributed by atoms with Crippen molar-refractivity contribution in [2.24, 2.45) is 0 Å². The number of nitrogens with one attached hydrogen (secondary N) is 2. The second kappa shape index (κ2) is 9.36. The molecule has 1 amide bonds. The highest BCUT2D eigenvalue weighted by Crippen LogP contribution is 2.22. The Morgan fingerprint density at radius 3 is 2.76 bits per heavy atom. The van der Waals surface area contributed by atoms with Gasteiger partial charge >= 0.3 is 0 Å². The number of hydrogen-bond donors (Lipinski definition) is 2. The Morgan fingerprint density at radius 2 is 2.07 bits per heavy atom. The van der Waals surface area contributed by atoms with E-state index in [9.17, 15) is 13.2 Å². The van der Waals surface area contributed by atoms with E-state index in [1.807, 2.05) is 31.2 Å². The molecule has 0 spiro atoms. The molecule has 1 unspecified atom stereocenters. The molecule has 0 radical (unpaired) electrons. The Balaban J connectivity index is 1.63. The summed E-state index contributed by atoms with van der Waals surface area (Å²) in [4.78, 5) is 17.1. The van der Waals surface area contributed by atoms with Crippen molar-refractivity contribution < 1.29 is 17.9 Å². The number of ether oxygens (including phenoxy) is 1. The first-order valence-electron chi connectivity index (χ1n) is 9.77. The maximum atomic E-state index is 12.7. The van der Waals surface area contributed by atoms with Crippen LogP contribution in [0.4, 0.5) is 0 Å². The van der Waals surface area contributed by atoms with Crippen molar-refractivity contribution in [2.45, 2.75) is 45.2 Å². The van der Waals surface area contributed by atoms with E-state index in [1.54, 1.807) is 7.11 Å². The first-order valence-corrected chi connectivity index (χ1v) is 11.4. The number of aromatic nitrogens is 3. The smallest absolute Gasteiger partial charge is 0.238 e. The molecule has 158 valence electrons. The summed E-state index contributed by atoms with van der Waals surface area (Å²) < 4.78 is 31.5. The summed E-state index contributed by atoms with van der Waals surface area (Å²) in [5, 5.41) is 9.79. The second-order valence-corrected chi connectivity index (χ2v) is 9.03. The van der Waals surface area contributed by atoms with Crippen molar-refractivity contribution in [3.8, 4) is 17.1 Å². The Bertz CT molecular complexity index is 926. The van der Waals surface area contributed by atoms with Crippen LogP contribution in [0.3, 0.4) is 0 Å². The topological polar surface area (TPSA) is 117 Å². The molecule has 1 saturated heterocycles. The predicted octanol–water partition coefficient (Wildman–Crippen LogP) is 1.69. The number of sulfonamides is 1. The Hall–Kier alpha value is -2.46. The average Bonchev–Trinajstić information content (AvgIpc) is 3.21. The largest absolute Gasteiger partial charge is 0.497 e. The zero-order valence-corrected chi connectivity index (χ0v) is 17.5. The Morgan fingerprint density at radius 1 is 1.31 bits per heavy atom. The number of amides is 1. The van der Waals surface area contributed by atoms with E-state index in [4.69, 9.17) is 4.74 Å². The van der Waals surface area contributed by atoms with Crippen LogP contribution in [0.2, 0.25) is 0 Å². The van der Waals surface area contributed by atoms with Gasteiger partial charge < -0.3 is 10.1 Å². The number of H-pyrrole nitrogens is 1. The number of piperidine rings is 1. The molecule has 1 aliphatic rings. The maximum Gasteiger partial charge on any atom is 0.238 e. The first kappa shape index (κ1) is 21.3. The van der Waals surface area contributed by atoms with Gasteiger partial charge in [-0.15, -0.1) is 0 Å². The minimum atomic E-state index is -3.42. The molecule has 0 saturated carbocycles. The summed E-state index contributed by atoms with van der Waals surface area (Å²) in [6.45, 7) is 2.37. The normalized spacial score (nSPS) is 17.8. The maximum absolute atomic E-state index is 12.7. The van der Waals surface area contributed by atoms with E-state index in [0.717, 1.165) is 24.2 Å². The van der Waals surface area contributed by atoms with Crippen LogP contribution < -0.4 is 10.1 Å². The van der Waals surface area contributed by atoms with E-state index in [1.165, 1.54) is 4.31 Å². The van der Waals surface area contributed by atoms with E-state index < -0.39 is 16.1 Å². The lowest BCUT2D eigenvalue weighted by molar-refractivity contribution is -0.125. The number of benzene rings is 1. The number of nitrogens with zero attached hydrogens (tertiary/aromatic N) is 3. The summed E-state index contributed by atoms with van der Waals surface area (Å²) in [5.41, 5.74) is 0.823. The molecule has 2 N–H and O–H groups in total. The van der Waals surface area contributed by atoms with Crippen molar-refractivity contribution in [1.82, 2.24) is 24.8 Å². The van der Waals surface area contributed by atoms with Gasteiger partial charge in [0, 0.05) is 12.1 Å². The summed E-state index contributed by atoms with van der Waals surface area (Å²) in [6, 6.07) is 6.68. The van der Waals surface area contributed by atoms with Crippen LogP contribution in [-0.2, 0) is 21.4 Å². The van der Waals surface area contributed by atoms with Crippen LogP contribution in [0, 0.1) is 0 Å². The van der Waals surface area contributed by atoms with Gasteiger partial charge in [-0.05, 0) is 43.5 Å². The van der Waals surface area contributed by atoms with Crippen molar-refractivity contribution in [3.63, 3.8) is 0 Å². The summed E-state index contributed by atoms with van der Waals surface area (Å²) in [6.07, 6.45) is 2.67. The highest BCUT2D eigenvalue weighted by molar-refractivity contribution is 7.89. The molecular formula is C19H27N5O4S. The molecule has 2 heterocycles. The minimum absolute atomic E-state index is 0.0596. The SMILES string of the molecule is CCCS(=O)(=O)N1CCCCC1C(=O)NCc1nc(-c2ccc(OC)cc2)n[nH]1. The summed E-state index contributed by atoms with van der Waals surface area (Å²) >= 11 is 0. The predicted molar refractivity (Wildman–Crippen MR) is 109 cm³/mol. The molecule has 1 fully saturated rings. The zero-order valence-electron chi connectivity index (χ0n) is 16.7. The summed E-state index contributed by atoms with van der Waals surface area (Å²) in [7, 11) is -1.82. The molecule has 9 nitrogen and oxygen atoms in total. The molecule has 1 aliphatic heterocycles. The van der Waals surface area contributed by atoms with E-state index in [2.05, 4.69) is 20.5 Å². The van der Waals surface area contributed by atoms with Gasteiger partial charge in [0.25, 0.3) is 0 Å². The van der Waals surface area contributed by atoms with Crippen LogP contribution in [0.15, 0.2) is 24.3 Å². The van der Waals surface area contributed by atoms with Crippen molar-refractivity contribution in [2.75, 3.05) is 19.4 Å². The van der Waals surface area contributed by atoms with Gasteiger partial charge in [-0.1, -0.05) is 13.3 Å². The number of carbonyl (C=O) groups excluding carboxylic acids is 1. The summed E-state index contributed by atoms with van der Waals surface area (Å²) in [5.74, 6) is 1.52. The Kier molecular flexibility index (Phi) is 6.86. The van der Waals surface area contributed by atoms with Crippen LogP contribution in [-0.4, -0.2) is 59.3 Å². The lowest BCUT2D eigenvalue weighted by atomic mass is 10.0. The van der Waals surface area contributed by atoms with Gasteiger partial charge in [0.05, 0.1) is 19.4 Å². The molecule has 29 heavy (non-hydrogen) atoms. The average molecular weight is 422 g/mol. The number of methoxy groups -OCH3 is 1. The molecule has 1 atom stereocenters. The third kappa shape index (κ3) is 5.13. The van der Waals surface area contributed by atoms with E-state index in [-0.39, 0.29) is 18.2 Å². The van der Waals surface area contributed by atoms with Gasteiger partial charge in [0.15, 0.2) is 5.82 Å². The number of carbonyl (C=O) groups is 1. The Labute approximate surface area is 170 Å². The van der Waals surface area contributed by atoms with Crippen molar-refractivity contribution in [1.29, 1.82) is 0 Å². The molecular weight excluding hydrogens is 394 g/mol. The quantitative estimate of drug-likeness (QED) is 0.670. The van der Waals surface area contributed by atoms with Gasteiger partial charge in [0.2, 0.25) is 15.9 Å². The lowest BCUT2D eigenvalue weighted by Crippen LogP contribution is -2.52. The zero-order chi connectivity index (χ0) is 20.9. The fraction of sp³-hybridized carbons (Fsp3) is 0.526. The third-order valence-corrected chi connectivity index (χ3v) is 6.96. The van der Waals surface area contributed by atoms with Crippen LogP contribution in [0.5, 0.6) is 5.75 Å². The van der Waals surface area contributed by atoms with E-state index >= 15 is 0 Å². The van der Waals surface area contributed by atoms with Gasteiger partial charge in [-0.2, -0.15) is 9.40 Å².